The molecule has 0 rings (SSSR count). The van der Waals surface area contributed by atoms with E-state index in [-0.39, 0.29) is 31.6 Å². The number of allylic oxidation sites excluding steroid dienone is 6. The van der Waals surface area contributed by atoms with Crippen molar-refractivity contribution < 1.29 is 29.3 Å². The smallest absolute Gasteiger partial charge is 0.306 e. The molecule has 0 saturated heterocycles. The Kier molecular flexibility index (Phi) is 29.7. The molecule has 0 aliphatic heterocycles. The standard InChI is InChI=1S/C37H64O6/c1-4-5-6-7-17-22-27-34(39)28-23-18-13-9-11-14-19-24-29-36(40)42-32-35(31-38)43-37(41)30-25-20-15-10-8-12-16-21-26-33(2)3/h11,13-14,17-18,22-23,28,33-35,38-39H,4-10,12,15-16,19-21,24-27,29-32H2,1-3H3/b14-11-,18-13-,22-17-,28-23+/t34-,35+/m1/s1. The maximum absolute atomic E-state index is 12.1. The van der Waals surface area contributed by atoms with Crippen LogP contribution in [0.5, 0.6) is 0 Å². The topological polar surface area (TPSA) is 93.1 Å². The molecule has 0 amide bonds. The molecule has 0 radical (unpaired) electrons. The van der Waals surface area contributed by atoms with E-state index in [1.807, 2.05) is 36.5 Å². The largest absolute Gasteiger partial charge is 0.462 e. The fraction of sp³-hybridized carbons (Fsp3) is 0.730. The van der Waals surface area contributed by atoms with Crippen molar-refractivity contribution in [2.45, 2.75) is 155 Å². The van der Waals surface area contributed by atoms with Crippen LogP contribution in [0.3, 0.4) is 0 Å². The minimum absolute atomic E-state index is 0.115. The van der Waals surface area contributed by atoms with Gasteiger partial charge in [0.1, 0.15) is 6.61 Å². The SMILES string of the molecule is CCCCC/C=C\C[C@@H](O)/C=C/C=C\C/C=C\CCCC(=O)OC[C@H](CO)OC(=O)CCCCCCCCCCC(C)C. The number of rotatable bonds is 29. The summed E-state index contributed by atoms with van der Waals surface area (Å²) in [6.07, 6.45) is 33.5. The summed E-state index contributed by atoms with van der Waals surface area (Å²) in [5.41, 5.74) is 0. The molecule has 43 heavy (non-hydrogen) atoms. The first-order valence-electron chi connectivity index (χ1n) is 17.2. The van der Waals surface area contributed by atoms with Gasteiger partial charge in [0.25, 0.3) is 0 Å². The van der Waals surface area contributed by atoms with E-state index in [1.165, 1.54) is 57.8 Å². The van der Waals surface area contributed by atoms with Gasteiger partial charge in [-0.15, -0.1) is 0 Å². The molecule has 0 heterocycles. The molecule has 0 aromatic carbocycles. The van der Waals surface area contributed by atoms with Crippen molar-refractivity contribution in [2.24, 2.45) is 5.92 Å². The molecule has 0 fully saturated rings. The van der Waals surface area contributed by atoms with Crippen LogP contribution in [0.2, 0.25) is 0 Å². The van der Waals surface area contributed by atoms with Gasteiger partial charge in [0.05, 0.1) is 12.7 Å². The van der Waals surface area contributed by atoms with E-state index in [4.69, 9.17) is 9.47 Å². The van der Waals surface area contributed by atoms with E-state index >= 15 is 0 Å². The predicted molar refractivity (Wildman–Crippen MR) is 179 cm³/mol. The molecular weight excluding hydrogens is 540 g/mol. The van der Waals surface area contributed by atoms with E-state index in [0.717, 1.165) is 44.4 Å². The zero-order chi connectivity index (χ0) is 31.8. The van der Waals surface area contributed by atoms with Gasteiger partial charge in [0.15, 0.2) is 6.10 Å². The Morgan fingerprint density at radius 1 is 0.721 bits per heavy atom. The number of aliphatic hydroxyl groups is 2. The Morgan fingerprint density at radius 3 is 2.07 bits per heavy atom. The summed E-state index contributed by atoms with van der Waals surface area (Å²) in [7, 11) is 0. The summed E-state index contributed by atoms with van der Waals surface area (Å²) in [5.74, 6) is 0.0921. The van der Waals surface area contributed by atoms with Gasteiger partial charge in [-0.1, -0.05) is 134 Å². The van der Waals surface area contributed by atoms with Crippen LogP contribution in [-0.2, 0) is 19.1 Å². The third-order valence-corrected chi connectivity index (χ3v) is 7.13. The zero-order valence-corrected chi connectivity index (χ0v) is 27.7. The number of esters is 2. The Bertz CT molecular complexity index is 767. The first-order chi connectivity index (χ1) is 20.9. The Labute approximate surface area is 263 Å². The van der Waals surface area contributed by atoms with Crippen molar-refractivity contribution in [3.8, 4) is 0 Å². The minimum Gasteiger partial charge on any atom is -0.462 e. The lowest BCUT2D eigenvalue weighted by Crippen LogP contribution is -2.28. The highest BCUT2D eigenvalue weighted by atomic mass is 16.6. The van der Waals surface area contributed by atoms with Crippen LogP contribution < -0.4 is 0 Å². The lowest BCUT2D eigenvalue weighted by atomic mass is 10.0. The summed E-state index contributed by atoms with van der Waals surface area (Å²) >= 11 is 0. The highest BCUT2D eigenvalue weighted by Gasteiger charge is 2.16. The van der Waals surface area contributed by atoms with Crippen molar-refractivity contribution in [3.63, 3.8) is 0 Å². The average Bonchev–Trinajstić information content (AvgIpc) is 2.98. The summed E-state index contributed by atoms with van der Waals surface area (Å²) in [6, 6.07) is 0. The highest BCUT2D eigenvalue weighted by Crippen LogP contribution is 2.13. The predicted octanol–water partition coefficient (Wildman–Crippen LogP) is 9.11. The van der Waals surface area contributed by atoms with Gasteiger partial charge in [-0.25, -0.2) is 0 Å². The summed E-state index contributed by atoms with van der Waals surface area (Å²) in [4.78, 5) is 24.1. The molecule has 6 heteroatoms. The second kappa shape index (κ2) is 31.3. The minimum atomic E-state index is -0.809. The molecule has 2 N–H and O–H groups in total. The fourth-order valence-electron chi connectivity index (χ4n) is 4.46. The normalized spacial score (nSPS) is 13.6. The molecular formula is C37H64O6. The Balaban J connectivity index is 3.80. The first kappa shape index (κ1) is 40.8. The van der Waals surface area contributed by atoms with Gasteiger partial charge in [-0.3, -0.25) is 9.59 Å². The second-order valence-corrected chi connectivity index (χ2v) is 11.9. The van der Waals surface area contributed by atoms with Crippen molar-refractivity contribution in [2.75, 3.05) is 13.2 Å². The van der Waals surface area contributed by atoms with Crippen LogP contribution in [0.1, 0.15) is 143 Å². The number of carbonyl (C=O) groups is 2. The molecule has 0 spiro atoms. The molecule has 6 nitrogen and oxygen atoms in total. The third-order valence-electron chi connectivity index (χ3n) is 7.13. The molecule has 2 atom stereocenters. The number of hydrogen-bond donors (Lipinski definition) is 2. The number of carbonyl (C=O) groups excluding carboxylic acids is 2. The van der Waals surface area contributed by atoms with Gasteiger partial charge >= 0.3 is 11.9 Å². The molecule has 0 aliphatic carbocycles. The van der Waals surface area contributed by atoms with E-state index in [9.17, 15) is 19.8 Å². The highest BCUT2D eigenvalue weighted by molar-refractivity contribution is 5.70. The van der Waals surface area contributed by atoms with Gasteiger partial charge in [0.2, 0.25) is 0 Å². The number of aliphatic hydroxyl groups excluding tert-OH is 2. The van der Waals surface area contributed by atoms with Crippen LogP contribution in [0, 0.1) is 5.92 Å². The molecule has 0 saturated carbocycles. The van der Waals surface area contributed by atoms with E-state index in [0.29, 0.717) is 19.3 Å². The maximum atomic E-state index is 12.1. The lowest BCUT2D eigenvalue weighted by Gasteiger charge is -2.15. The van der Waals surface area contributed by atoms with Crippen LogP contribution in [0.25, 0.3) is 0 Å². The number of hydrogen-bond acceptors (Lipinski definition) is 6. The van der Waals surface area contributed by atoms with E-state index in [2.05, 4.69) is 26.8 Å². The monoisotopic (exact) mass is 604 g/mol. The van der Waals surface area contributed by atoms with E-state index < -0.39 is 12.2 Å². The van der Waals surface area contributed by atoms with Gasteiger partial charge < -0.3 is 19.7 Å². The van der Waals surface area contributed by atoms with Crippen molar-refractivity contribution in [1.29, 1.82) is 0 Å². The average molecular weight is 605 g/mol. The molecule has 0 aliphatic rings. The Morgan fingerprint density at radius 2 is 1.37 bits per heavy atom. The molecule has 248 valence electrons. The number of ether oxygens (including phenoxy) is 2. The summed E-state index contributed by atoms with van der Waals surface area (Å²) in [5, 5.41) is 19.4. The van der Waals surface area contributed by atoms with E-state index in [1.54, 1.807) is 6.08 Å². The summed E-state index contributed by atoms with van der Waals surface area (Å²) < 4.78 is 10.5. The van der Waals surface area contributed by atoms with Crippen molar-refractivity contribution >= 4 is 11.9 Å². The second-order valence-electron chi connectivity index (χ2n) is 11.9. The van der Waals surface area contributed by atoms with Crippen molar-refractivity contribution in [3.05, 3.63) is 48.6 Å². The first-order valence-corrected chi connectivity index (χ1v) is 17.2. The molecule has 0 aromatic rings. The van der Waals surface area contributed by atoms with Crippen LogP contribution >= 0.6 is 0 Å². The number of unbranched alkanes of at least 4 members (excludes halogenated alkanes) is 11. The van der Waals surface area contributed by atoms with Gasteiger partial charge in [-0.05, 0) is 50.9 Å². The molecule has 0 aromatic heterocycles. The zero-order valence-electron chi connectivity index (χ0n) is 27.7. The van der Waals surface area contributed by atoms with Crippen LogP contribution in [0.4, 0.5) is 0 Å². The third kappa shape index (κ3) is 31.1. The van der Waals surface area contributed by atoms with Crippen molar-refractivity contribution in [1.82, 2.24) is 0 Å². The van der Waals surface area contributed by atoms with Gasteiger partial charge in [0, 0.05) is 12.8 Å². The Hall–Kier alpha value is -2.18. The summed E-state index contributed by atoms with van der Waals surface area (Å²) in [6.45, 7) is 6.26. The quantitative estimate of drug-likeness (QED) is 0.0383. The van der Waals surface area contributed by atoms with Crippen LogP contribution in [0.15, 0.2) is 48.6 Å². The maximum Gasteiger partial charge on any atom is 0.306 e. The lowest BCUT2D eigenvalue weighted by molar-refractivity contribution is -0.161. The fourth-order valence-corrected chi connectivity index (χ4v) is 4.46. The molecule has 0 unspecified atom stereocenters. The van der Waals surface area contributed by atoms with Crippen LogP contribution in [-0.4, -0.2) is 47.6 Å². The van der Waals surface area contributed by atoms with Gasteiger partial charge in [-0.2, -0.15) is 0 Å². The molecule has 0 bridgehead atoms.